The summed E-state index contributed by atoms with van der Waals surface area (Å²) in [5.74, 6) is 0.537. The lowest BCUT2D eigenvalue weighted by Crippen LogP contribution is -2.45. The molecule has 1 saturated carbocycles. The van der Waals surface area contributed by atoms with Gasteiger partial charge in [0, 0.05) is 18.8 Å². The van der Waals surface area contributed by atoms with Crippen molar-refractivity contribution in [2.24, 2.45) is 5.92 Å². The molecule has 168 valence electrons. The maximum absolute atomic E-state index is 12.1. The van der Waals surface area contributed by atoms with Gasteiger partial charge in [0.1, 0.15) is 0 Å². The van der Waals surface area contributed by atoms with Crippen LogP contribution in [0.25, 0.3) is 0 Å². The van der Waals surface area contributed by atoms with Gasteiger partial charge in [-0.15, -0.1) is 0 Å². The fourth-order valence-electron chi connectivity index (χ4n) is 4.64. The molecule has 1 saturated heterocycles. The van der Waals surface area contributed by atoms with Crippen LogP contribution in [0.1, 0.15) is 50.2 Å². The first kappa shape index (κ1) is 22.2. The highest BCUT2D eigenvalue weighted by molar-refractivity contribution is 5.77. The minimum atomic E-state index is -0.164. The van der Waals surface area contributed by atoms with E-state index in [0.29, 0.717) is 17.9 Å². The summed E-state index contributed by atoms with van der Waals surface area (Å²) in [6, 6.07) is 16.2. The van der Waals surface area contributed by atoms with E-state index in [1.54, 1.807) is 0 Å². The van der Waals surface area contributed by atoms with E-state index in [-0.39, 0.29) is 24.1 Å². The molecule has 1 aliphatic heterocycles. The first-order chi connectivity index (χ1) is 15.5. The van der Waals surface area contributed by atoms with E-state index in [1.165, 1.54) is 7.11 Å². The molecule has 1 aliphatic carbocycles. The topological polar surface area (TPSA) is 74.6 Å². The number of methoxy groups -OCH3 is 1. The Hall–Kier alpha value is -3.04. The highest BCUT2D eigenvalue weighted by Gasteiger charge is 2.34. The van der Waals surface area contributed by atoms with Crippen LogP contribution in [0.15, 0.2) is 42.5 Å². The van der Waals surface area contributed by atoms with Crippen molar-refractivity contribution in [2.45, 2.75) is 51.2 Å². The van der Waals surface area contributed by atoms with Crippen molar-refractivity contribution in [3.8, 4) is 6.07 Å². The molecule has 6 heteroatoms. The van der Waals surface area contributed by atoms with E-state index < -0.39 is 0 Å². The summed E-state index contributed by atoms with van der Waals surface area (Å²) >= 11 is 0. The molecule has 32 heavy (non-hydrogen) atoms. The van der Waals surface area contributed by atoms with Gasteiger partial charge in [0.25, 0.3) is 0 Å². The number of nitrogens with zero attached hydrogens (tertiary/aromatic N) is 2. The summed E-state index contributed by atoms with van der Waals surface area (Å²) in [7, 11) is 1.45. The van der Waals surface area contributed by atoms with Crippen molar-refractivity contribution in [1.82, 2.24) is 0 Å². The molecule has 1 N–H and O–H groups in total. The lowest BCUT2D eigenvalue weighted by Gasteiger charge is -2.38. The molecule has 0 bridgehead atoms. The van der Waals surface area contributed by atoms with E-state index in [1.807, 2.05) is 24.3 Å². The van der Waals surface area contributed by atoms with Crippen LogP contribution in [0.2, 0.25) is 0 Å². The number of nitrogens with one attached hydrogen (secondary N) is 1. The molecule has 2 aliphatic rings. The Labute approximate surface area is 190 Å². The Morgan fingerprint density at radius 1 is 1.19 bits per heavy atom. The lowest BCUT2D eigenvalue weighted by atomic mass is 9.90. The quantitative estimate of drug-likeness (QED) is 0.621. The maximum Gasteiger partial charge on any atom is 0.306 e. The summed E-state index contributed by atoms with van der Waals surface area (Å²) in [6.45, 7) is 5.84. The van der Waals surface area contributed by atoms with Crippen molar-refractivity contribution in [3.63, 3.8) is 0 Å². The predicted octanol–water partition coefficient (Wildman–Crippen LogP) is 4.97. The van der Waals surface area contributed by atoms with Crippen molar-refractivity contribution in [1.29, 1.82) is 5.26 Å². The maximum atomic E-state index is 12.1. The summed E-state index contributed by atoms with van der Waals surface area (Å²) in [4.78, 5) is 14.4. The molecule has 1 unspecified atom stereocenters. The van der Waals surface area contributed by atoms with Crippen LogP contribution in [0.5, 0.6) is 0 Å². The van der Waals surface area contributed by atoms with Crippen molar-refractivity contribution in [2.75, 3.05) is 30.4 Å². The van der Waals surface area contributed by atoms with E-state index in [0.717, 1.165) is 48.6 Å². The number of hydrogen-bond acceptors (Lipinski definition) is 6. The number of morpholine rings is 1. The van der Waals surface area contributed by atoms with Gasteiger partial charge in [-0.3, -0.25) is 4.79 Å². The second-order valence-corrected chi connectivity index (χ2v) is 8.98. The van der Waals surface area contributed by atoms with Gasteiger partial charge in [0.05, 0.1) is 48.7 Å². The van der Waals surface area contributed by atoms with Crippen LogP contribution in [-0.4, -0.2) is 38.4 Å². The van der Waals surface area contributed by atoms with Gasteiger partial charge in [0.15, 0.2) is 0 Å². The number of carbonyl (C=O) groups excluding carboxylic acids is 1. The molecule has 2 aromatic carbocycles. The minimum Gasteiger partial charge on any atom is -0.469 e. The molecule has 0 aromatic heterocycles. The third-order valence-electron chi connectivity index (χ3n) is 6.31. The first-order valence-corrected chi connectivity index (χ1v) is 11.3. The number of esters is 1. The Kier molecular flexibility index (Phi) is 6.66. The molecule has 1 heterocycles. The Morgan fingerprint density at radius 3 is 2.47 bits per heavy atom. The van der Waals surface area contributed by atoms with Crippen LogP contribution in [-0.2, 0) is 14.3 Å². The van der Waals surface area contributed by atoms with E-state index in [4.69, 9.17) is 14.7 Å². The van der Waals surface area contributed by atoms with E-state index in [9.17, 15) is 4.79 Å². The molecule has 0 amide bonds. The molecule has 3 atom stereocenters. The van der Waals surface area contributed by atoms with E-state index in [2.05, 4.69) is 48.3 Å². The molecule has 2 fully saturated rings. The van der Waals surface area contributed by atoms with Gasteiger partial charge in [-0.2, -0.15) is 5.26 Å². The third kappa shape index (κ3) is 5.23. The summed E-state index contributed by atoms with van der Waals surface area (Å²) in [5, 5.41) is 12.7. The molecule has 0 spiro atoms. The zero-order chi connectivity index (χ0) is 22.7. The number of rotatable bonds is 7. The number of anilines is 3. The largest absolute Gasteiger partial charge is 0.469 e. The molecule has 4 rings (SSSR count). The van der Waals surface area contributed by atoms with Crippen LogP contribution < -0.4 is 10.2 Å². The van der Waals surface area contributed by atoms with Crippen LogP contribution >= 0.6 is 0 Å². The number of benzene rings is 2. The Morgan fingerprint density at radius 2 is 1.88 bits per heavy atom. The summed E-state index contributed by atoms with van der Waals surface area (Å²) in [6.07, 6.45) is 3.02. The van der Waals surface area contributed by atoms with Gasteiger partial charge in [-0.25, -0.2) is 0 Å². The number of carbonyl (C=O) groups is 1. The van der Waals surface area contributed by atoms with Crippen molar-refractivity contribution < 1.29 is 14.3 Å². The Bertz CT molecular complexity index is 984. The average Bonchev–Trinajstić information content (AvgIpc) is 3.62. The van der Waals surface area contributed by atoms with Crippen molar-refractivity contribution >= 4 is 23.0 Å². The smallest absolute Gasteiger partial charge is 0.306 e. The zero-order valence-corrected chi connectivity index (χ0v) is 19.0. The summed E-state index contributed by atoms with van der Waals surface area (Å²) < 4.78 is 10.9. The van der Waals surface area contributed by atoms with Gasteiger partial charge < -0.3 is 19.7 Å². The normalized spacial score (nSPS) is 21.5. The molecular weight excluding hydrogens is 402 g/mol. The van der Waals surface area contributed by atoms with Crippen LogP contribution in [0.3, 0.4) is 0 Å². The SMILES string of the molecule is COC(=O)CC(c1ccc(N2C[C@@H](C)O[C@@H](C)C2)c(Nc2ccc(C#N)cc2)c1)C1CC1. The monoisotopic (exact) mass is 433 g/mol. The fraction of sp³-hybridized carbons (Fsp3) is 0.462. The summed E-state index contributed by atoms with van der Waals surface area (Å²) in [5.41, 5.74) is 4.84. The van der Waals surface area contributed by atoms with Gasteiger partial charge in [-0.05, 0) is 80.5 Å². The Balaban J connectivity index is 1.68. The van der Waals surface area contributed by atoms with Gasteiger partial charge in [0.2, 0.25) is 0 Å². The van der Waals surface area contributed by atoms with E-state index >= 15 is 0 Å². The second-order valence-electron chi connectivity index (χ2n) is 8.98. The highest BCUT2D eigenvalue weighted by Crippen LogP contribution is 2.46. The zero-order valence-electron chi connectivity index (χ0n) is 19.0. The average molecular weight is 434 g/mol. The number of hydrogen-bond donors (Lipinski definition) is 1. The molecule has 0 radical (unpaired) electrons. The second kappa shape index (κ2) is 9.62. The third-order valence-corrected chi connectivity index (χ3v) is 6.31. The lowest BCUT2D eigenvalue weighted by molar-refractivity contribution is -0.141. The van der Waals surface area contributed by atoms with Gasteiger partial charge >= 0.3 is 5.97 Å². The van der Waals surface area contributed by atoms with Crippen LogP contribution in [0, 0.1) is 17.2 Å². The van der Waals surface area contributed by atoms with Crippen LogP contribution in [0.4, 0.5) is 17.1 Å². The first-order valence-electron chi connectivity index (χ1n) is 11.3. The van der Waals surface area contributed by atoms with Gasteiger partial charge in [-0.1, -0.05) is 6.07 Å². The number of ether oxygens (including phenoxy) is 2. The number of nitriles is 1. The predicted molar refractivity (Wildman–Crippen MR) is 125 cm³/mol. The molecule has 2 aromatic rings. The molecule has 6 nitrogen and oxygen atoms in total. The standard InChI is InChI=1S/C26H31N3O3/c1-17-15-29(16-18(2)32-17)25-11-8-21(23(20-6-7-20)13-26(30)31-3)12-24(25)28-22-9-4-19(14-27)5-10-22/h4-5,8-12,17-18,20,23,28H,6-7,13,15-16H2,1-3H3/t17-,18+,23?. The minimum absolute atomic E-state index is 0.153. The fourth-order valence-corrected chi connectivity index (χ4v) is 4.64. The highest BCUT2D eigenvalue weighted by atomic mass is 16.5. The molecular formula is C26H31N3O3. The van der Waals surface area contributed by atoms with Crippen molar-refractivity contribution in [3.05, 3.63) is 53.6 Å².